The highest BCUT2D eigenvalue weighted by atomic mass is 35.5. The van der Waals surface area contributed by atoms with E-state index in [1.165, 1.54) is 15.2 Å². The van der Waals surface area contributed by atoms with E-state index in [0.717, 1.165) is 10.8 Å². The van der Waals surface area contributed by atoms with Gasteiger partial charge in [-0.1, -0.05) is 29.8 Å². The van der Waals surface area contributed by atoms with Crippen LogP contribution in [0.4, 0.5) is 4.39 Å². The minimum atomic E-state index is -1.77. The van der Waals surface area contributed by atoms with E-state index in [2.05, 4.69) is 0 Å². The van der Waals surface area contributed by atoms with Gasteiger partial charge in [0.15, 0.2) is 0 Å². The van der Waals surface area contributed by atoms with Gasteiger partial charge in [-0.3, -0.25) is 4.79 Å². The summed E-state index contributed by atoms with van der Waals surface area (Å²) in [5, 5.41) is 14.8. The molecular weight excluding hydrogens is 331 g/mol. The monoisotopic (exact) mass is 340 g/mol. The van der Waals surface area contributed by atoms with E-state index in [-0.39, 0.29) is 0 Å². The molecule has 0 aliphatic heterocycles. The average molecular weight is 341 g/mol. The number of rotatable bonds is 2. The first-order valence-corrected chi connectivity index (χ1v) is 7.56. The van der Waals surface area contributed by atoms with E-state index in [1.807, 2.05) is 24.3 Å². The maximum atomic E-state index is 13.5. The van der Waals surface area contributed by atoms with E-state index in [0.29, 0.717) is 16.4 Å². The summed E-state index contributed by atoms with van der Waals surface area (Å²) in [4.78, 5) is 11.4. The lowest BCUT2D eigenvalue weighted by Crippen LogP contribution is -2.26. The molecule has 0 aliphatic rings. The molecule has 0 spiro atoms. The number of fused-ring (bicyclic) bond motifs is 3. The molecule has 0 saturated carbocycles. The second-order valence-electron chi connectivity index (χ2n) is 5.34. The van der Waals surface area contributed by atoms with Crippen LogP contribution in [0.15, 0.2) is 60.8 Å². The molecule has 0 N–H and O–H groups in total. The van der Waals surface area contributed by atoms with Crippen LogP contribution < -0.4 is 9.51 Å². The van der Waals surface area contributed by atoms with Crippen LogP contribution in [0.25, 0.3) is 22.1 Å². The topological polar surface area (TPSA) is 49.2 Å². The first-order chi connectivity index (χ1) is 11.6. The number of carbonyl (C=O) groups excluding carboxylic acids is 1. The summed E-state index contributed by atoms with van der Waals surface area (Å²) in [6.45, 7) is 0. The second-order valence-corrected chi connectivity index (χ2v) is 5.77. The summed E-state index contributed by atoms with van der Waals surface area (Å²) >= 11 is 5.90. The average Bonchev–Trinajstić information content (AvgIpc) is 2.88. The summed E-state index contributed by atoms with van der Waals surface area (Å²) in [7, 11) is 0. The lowest BCUT2D eigenvalue weighted by Gasteiger charge is -2.06. The Bertz CT molecular complexity index is 1100. The molecule has 0 aliphatic carbocycles. The molecule has 2 heterocycles. The third kappa shape index (κ3) is 2.06. The van der Waals surface area contributed by atoms with Gasteiger partial charge in [0.2, 0.25) is 5.69 Å². The Hall–Kier alpha value is -2.92. The SMILES string of the molecule is O=C(F)c1c([O-])n(-c2ccc(Cl)cc2)c2c3ccccc3cc[n+]12. The molecule has 0 bridgehead atoms. The Balaban J connectivity index is 2.22. The van der Waals surface area contributed by atoms with Gasteiger partial charge in [-0.2, -0.15) is 8.79 Å². The second kappa shape index (κ2) is 5.32. The Kier molecular flexibility index (Phi) is 3.25. The van der Waals surface area contributed by atoms with Crippen molar-refractivity contribution >= 4 is 34.1 Å². The van der Waals surface area contributed by atoms with Crippen molar-refractivity contribution in [3.8, 4) is 11.6 Å². The molecular formula is C18H10ClFN2O2. The molecule has 4 rings (SSSR count). The van der Waals surface area contributed by atoms with Crippen molar-refractivity contribution in [1.82, 2.24) is 4.57 Å². The Labute approximate surface area is 141 Å². The highest BCUT2D eigenvalue weighted by Gasteiger charge is 2.28. The number of imidazole rings is 1. The zero-order valence-electron chi connectivity index (χ0n) is 12.2. The quantitative estimate of drug-likeness (QED) is 0.415. The Morgan fingerprint density at radius 3 is 2.50 bits per heavy atom. The van der Waals surface area contributed by atoms with Gasteiger partial charge in [0.1, 0.15) is 11.6 Å². The van der Waals surface area contributed by atoms with Crippen molar-refractivity contribution in [3.63, 3.8) is 0 Å². The molecule has 0 atom stereocenters. The summed E-state index contributed by atoms with van der Waals surface area (Å²) in [6, 6.07) is 13.9. The molecule has 4 nitrogen and oxygen atoms in total. The molecule has 4 aromatic rings. The third-order valence-electron chi connectivity index (χ3n) is 3.96. The fourth-order valence-electron chi connectivity index (χ4n) is 2.92. The van der Waals surface area contributed by atoms with Crippen LogP contribution in [0.1, 0.15) is 10.5 Å². The van der Waals surface area contributed by atoms with Crippen molar-refractivity contribution in [2.24, 2.45) is 0 Å². The largest absolute Gasteiger partial charge is 0.839 e. The number of carbonyl (C=O) groups is 1. The minimum absolute atomic E-state index is 0.432. The van der Waals surface area contributed by atoms with Crippen LogP contribution in [-0.2, 0) is 0 Å². The van der Waals surface area contributed by atoms with Crippen molar-refractivity contribution < 1.29 is 18.7 Å². The number of aromatic nitrogens is 2. The van der Waals surface area contributed by atoms with Crippen LogP contribution in [0.2, 0.25) is 5.02 Å². The maximum Gasteiger partial charge on any atom is 0.374 e. The number of nitrogens with zero attached hydrogens (tertiary/aromatic N) is 2. The number of halogens is 2. The molecule has 2 aromatic heterocycles. The normalized spacial score (nSPS) is 11.2. The molecule has 118 valence electrons. The van der Waals surface area contributed by atoms with Crippen LogP contribution in [0, 0.1) is 0 Å². The minimum Gasteiger partial charge on any atom is -0.839 e. The van der Waals surface area contributed by atoms with Crippen molar-refractivity contribution in [3.05, 3.63) is 71.5 Å². The van der Waals surface area contributed by atoms with Gasteiger partial charge in [-0.05, 0) is 41.8 Å². The highest BCUT2D eigenvalue weighted by molar-refractivity contribution is 6.30. The molecule has 2 aromatic carbocycles. The van der Waals surface area contributed by atoms with E-state index >= 15 is 0 Å². The molecule has 0 fully saturated rings. The Morgan fingerprint density at radius 1 is 1.08 bits per heavy atom. The van der Waals surface area contributed by atoms with E-state index in [1.54, 1.807) is 30.3 Å². The summed E-state index contributed by atoms with van der Waals surface area (Å²) in [6.07, 6.45) is 1.53. The van der Waals surface area contributed by atoms with E-state index in [4.69, 9.17) is 11.6 Å². The van der Waals surface area contributed by atoms with Crippen molar-refractivity contribution in [2.45, 2.75) is 0 Å². The van der Waals surface area contributed by atoms with Crippen LogP contribution in [-0.4, -0.2) is 10.6 Å². The number of benzene rings is 2. The van der Waals surface area contributed by atoms with Gasteiger partial charge >= 0.3 is 6.04 Å². The highest BCUT2D eigenvalue weighted by Crippen LogP contribution is 2.28. The lowest BCUT2D eigenvalue weighted by atomic mass is 10.1. The predicted molar refractivity (Wildman–Crippen MR) is 86.3 cm³/mol. The van der Waals surface area contributed by atoms with Gasteiger partial charge in [-0.25, -0.2) is 4.57 Å². The van der Waals surface area contributed by atoms with Gasteiger partial charge in [0.05, 0.1) is 11.6 Å². The lowest BCUT2D eigenvalue weighted by molar-refractivity contribution is -0.515. The van der Waals surface area contributed by atoms with Crippen LogP contribution in [0.3, 0.4) is 0 Å². The first-order valence-electron chi connectivity index (χ1n) is 7.18. The molecule has 0 saturated heterocycles. The standard InChI is InChI=1S/C18H10ClFN2O2/c19-12-5-7-13(8-6-12)22-17-14-4-2-1-3-11(14)9-10-21(17)15(16(20)23)18(22)24/h1-10H. The van der Waals surface area contributed by atoms with Gasteiger partial charge in [0.25, 0.3) is 5.65 Å². The van der Waals surface area contributed by atoms with Gasteiger partial charge in [-0.15, -0.1) is 0 Å². The van der Waals surface area contributed by atoms with Crippen molar-refractivity contribution in [1.29, 1.82) is 0 Å². The molecule has 6 heteroatoms. The fraction of sp³-hybridized carbons (Fsp3) is 0. The molecule has 0 unspecified atom stereocenters. The van der Waals surface area contributed by atoms with E-state index in [9.17, 15) is 14.3 Å². The summed E-state index contributed by atoms with van der Waals surface area (Å²) in [5.74, 6) is -0.707. The number of hydrogen-bond acceptors (Lipinski definition) is 2. The van der Waals surface area contributed by atoms with Crippen molar-refractivity contribution in [2.75, 3.05) is 0 Å². The summed E-state index contributed by atoms with van der Waals surface area (Å²) < 4.78 is 16.1. The summed E-state index contributed by atoms with van der Waals surface area (Å²) in [5.41, 5.74) is 0.415. The number of hydrogen-bond donors (Lipinski definition) is 0. The van der Waals surface area contributed by atoms with Gasteiger partial charge in [0, 0.05) is 5.02 Å². The zero-order chi connectivity index (χ0) is 16.8. The Morgan fingerprint density at radius 2 is 1.79 bits per heavy atom. The third-order valence-corrected chi connectivity index (χ3v) is 4.21. The van der Waals surface area contributed by atoms with Crippen LogP contribution in [0.5, 0.6) is 5.88 Å². The molecule has 0 amide bonds. The molecule has 24 heavy (non-hydrogen) atoms. The van der Waals surface area contributed by atoms with E-state index < -0.39 is 17.6 Å². The number of pyridine rings is 1. The van der Waals surface area contributed by atoms with Gasteiger partial charge < -0.3 is 5.11 Å². The van der Waals surface area contributed by atoms with Crippen LogP contribution >= 0.6 is 11.6 Å². The smallest absolute Gasteiger partial charge is 0.374 e. The predicted octanol–water partition coefficient (Wildman–Crippen LogP) is 3.21. The fourth-order valence-corrected chi connectivity index (χ4v) is 3.05. The molecule has 0 radical (unpaired) electrons. The zero-order valence-corrected chi connectivity index (χ0v) is 13.0. The maximum absolute atomic E-state index is 13.5. The first kappa shape index (κ1) is 14.7.